The summed E-state index contributed by atoms with van der Waals surface area (Å²) in [7, 11) is 1.54. The van der Waals surface area contributed by atoms with Gasteiger partial charge in [0.05, 0.1) is 18.2 Å². The molecule has 5 nitrogen and oxygen atoms in total. The van der Waals surface area contributed by atoms with E-state index < -0.39 is 22.4 Å². The third kappa shape index (κ3) is 2.64. The maximum Gasteiger partial charge on any atom is 0.188 e. The number of benzene rings is 2. The number of nitrogens with zero attached hydrogens (tertiary/aromatic N) is 1. The normalized spacial score (nSPS) is 14.0. The average Bonchev–Trinajstić information content (AvgIpc) is 2.93. The van der Waals surface area contributed by atoms with Gasteiger partial charge in [0.2, 0.25) is 0 Å². The van der Waals surface area contributed by atoms with Crippen LogP contribution in [0.3, 0.4) is 0 Å². The van der Waals surface area contributed by atoms with Crippen molar-refractivity contribution in [3.63, 3.8) is 0 Å². The number of methoxy groups -OCH3 is 1. The molecule has 22 heavy (non-hydrogen) atoms. The van der Waals surface area contributed by atoms with E-state index in [4.69, 9.17) is 4.74 Å². The Morgan fingerprint density at radius 3 is 2.59 bits per heavy atom. The molecule has 0 radical (unpaired) electrons. The first-order valence-electron chi connectivity index (χ1n) is 6.39. The Labute approximate surface area is 133 Å². The molecule has 0 aliphatic carbocycles. The lowest BCUT2D eigenvalue weighted by atomic mass is 10.2. The summed E-state index contributed by atoms with van der Waals surface area (Å²) in [5.74, 6) is 0.590. The van der Waals surface area contributed by atoms with Crippen molar-refractivity contribution >= 4 is 33.3 Å². The summed E-state index contributed by atoms with van der Waals surface area (Å²) in [6.07, 6.45) is 1.45. The Balaban J connectivity index is 2.22. The molecule has 7 heteroatoms. The van der Waals surface area contributed by atoms with Crippen LogP contribution >= 0.6 is 0 Å². The maximum atomic E-state index is 12.7. The lowest BCUT2D eigenvalue weighted by Gasteiger charge is -2.11. The number of rotatable bonds is 4. The van der Waals surface area contributed by atoms with Crippen LogP contribution in [0.1, 0.15) is 0 Å². The van der Waals surface area contributed by atoms with Crippen molar-refractivity contribution in [2.45, 2.75) is 9.79 Å². The van der Waals surface area contributed by atoms with E-state index in [1.807, 2.05) is 6.07 Å². The minimum absolute atomic E-state index is 0.224. The van der Waals surface area contributed by atoms with E-state index in [1.54, 1.807) is 42.5 Å². The minimum Gasteiger partial charge on any atom is -0.587 e. The van der Waals surface area contributed by atoms with Crippen molar-refractivity contribution in [1.82, 2.24) is 3.97 Å². The Bertz CT molecular complexity index is 832. The lowest BCUT2D eigenvalue weighted by Crippen LogP contribution is -2.11. The highest BCUT2D eigenvalue weighted by atomic mass is 32.2. The molecule has 0 amide bonds. The molecule has 3 rings (SSSR count). The zero-order chi connectivity index (χ0) is 15.7. The Kier molecular flexibility index (Phi) is 4.21. The highest BCUT2D eigenvalue weighted by molar-refractivity contribution is 7.90. The standard InChI is InChI=1S/C15H13NO4S2/c1-20-11-7-8-13-14(9-11)16(10-15(13)22(18)19)21(17)12-5-3-2-4-6-12/h2-10H,1H3,(H,18,19). The molecule has 0 bridgehead atoms. The van der Waals surface area contributed by atoms with E-state index in [0.29, 0.717) is 21.5 Å². The van der Waals surface area contributed by atoms with E-state index >= 15 is 0 Å². The van der Waals surface area contributed by atoms with Gasteiger partial charge in [-0.2, -0.15) is 3.97 Å². The van der Waals surface area contributed by atoms with Gasteiger partial charge in [0.1, 0.15) is 22.6 Å². The van der Waals surface area contributed by atoms with Gasteiger partial charge in [0.15, 0.2) is 16.0 Å². The van der Waals surface area contributed by atoms with Crippen LogP contribution in [0.2, 0.25) is 0 Å². The zero-order valence-electron chi connectivity index (χ0n) is 11.6. The minimum atomic E-state index is -2.16. The van der Waals surface area contributed by atoms with Crippen LogP contribution in [0, 0.1) is 0 Å². The molecule has 0 aliphatic heterocycles. The van der Waals surface area contributed by atoms with Crippen LogP contribution in [0.5, 0.6) is 5.75 Å². The third-order valence-corrected chi connectivity index (χ3v) is 5.29. The van der Waals surface area contributed by atoms with E-state index in [-0.39, 0.29) is 4.90 Å². The fourth-order valence-electron chi connectivity index (χ4n) is 2.20. The topological polar surface area (TPSA) is 74.5 Å². The summed E-state index contributed by atoms with van der Waals surface area (Å²) in [6.45, 7) is 0. The maximum absolute atomic E-state index is 12.7. The first-order valence-corrected chi connectivity index (χ1v) is 8.60. The fraction of sp³-hybridized carbons (Fsp3) is 0.0667. The number of hydrogen-bond donors (Lipinski definition) is 1. The molecule has 0 saturated heterocycles. The van der Waals surface area contributed by atoms with E-state index in [2.05, 4.69) is 0 Å². The number of hydrogen-bond acceptors (Lipinski definition) is 3. The third-order valence-electron chi connectivity index (χ3n) is 3.25. The molecule has 2 unspecified atom stereocenters. The number of aromatic nitrogens is 1. The van der Waals surface area contributed by atoms with Gasteiger partial charge in [-0.05, 0) is 24.3 Å². The smallest absolute Gasteiger partial charge is 0.188 e. The van der Waals surface area contributed by atoms with Gasteiger partial charge in [0, 0.05) is 11.5 Å². The summed E-state index contributed by atoms with van der Waals surface area (Å²) >= 11 is -3.67. The van der Waals surface area contributed by atoms with Gasteiger partial charge in [0.25, 0.3) is 0 Å². The monoisotopic (exact) mass is 335 g/mol. The molecule has 2 atom stereocenters. The van der Waals surface area contributed by atoms with Gasteiger partial charge >= 0.3 is 0 Å². The van der Waals surface area contributed by atoms with Crippen LogP contribution in [-0.4, -0.2) is 24.4 Å². The summed E-state index contributed by atoms with van der Waals surface area (Å²) in [6, 6.07) is 14.0. The Morgan fingerprint density at radius 2 is 1.95 bits per heavy atom. The van der Waals surface area contributed by atoms with E-state index in [0.717, 1.165) is 0 Å². The predicted octanol–water partition coefficient (Wildman–Crippen LogP) is 2.80. The second-order valence-electron chi connectivity index (χ2n) is 4.51. The van der Waals surface area contributed by atoms with Crippen molar-refractivity contribution in [2.24, 2.45) is 0 Å². The van der Waals surface area contributed by atoms with Gasteiger partial charge in [-0.15, -0.1) is 0 Å². The molecule has 0 fully saturated rings. The van der Waals surface area contributed by atoms with E-state index in [9.17, 15) is 13.3 Å². The lowest BCUT2D eigenvalue weighted by molar-refractivity contribution is 0.415. The van der Waals surface area contributed by atoms with Crippen LogP contribution in [0.4, 0.5) is 0 Å². The molecular weight excluding hydrogens is 322 g/mol. The van der Waals surface area contributed by atoms with Crippen LogP contribution < -0.4 is 4.74 Å². The second kappa shape index (κ2) is 6.13. The summed E-state index contributed by atoms with van der Waals surface area (Å²) in [4.78, 5) is 0.833. The molecule has 114 valence electrons. The van der Waals surface area contributed by atoms with Crippen molar-refractivity contribution in [2.75, 3.05) is 7.11 Å². The second-order valence-corrected chi connectivity index (χ2v) is 6.81. The molecule has 3 aromatic rings. The van der Waals surface area contributed by atoms with Crippen molar-refractivity contribution < 1.29 is 18.1 Å². The van der Waals surface area contributed by atoms with Crippen molar-refractivity contribution in [3.8, 4) is 5.75 Å². The quantitative estimate of drug-likeness (QED) is 0.588. The highest BCUT2D eigenvalue weighted by Crippen LogP contribution is 2.30. The van der Waals surface area contributed by atoms with Gasteiger partial charge in [-0.3, -0.25) is 0 Å². The summed E-state index contributed by atoms with van der Waals surface area (Å²) < 4.78 is 40.4. The number of ether oxygens (including phenoxy) is 1. The van der Waals surface area contributed by atoms with Crippen molar-refractivity contribution in [3.05, 3.63) is 54.7 Å². The first-order chi connectivity index (χ1) is 10.6. The molecule has 0 aliphatic rings. The molecule has 0 saturated carbocycles. The molecule has 2 aromatic carbocycles. The van der Waals surface area contributed by atoms with Crippen molar-refractivity contribution in [1.29, 1.82) is 0 Å². The highest BCUT2D eigenvalue weighted by Gasteiger charge is 2.22. The fourth-order valence-corrected chi connectivity index (χ4v) is 3.97. The number of fused-ring (bicyclic) bond motifs is 1. The molecule has 0 spiro atoms. The average molecular weight is 335 g/mol. The molecule has 1 N–H and O–H groups in total. The summed E-state index contributed by atoms with van der Waals surface area (Å²) in [5, 5.41) is 0.575. The van der Waals surface area contributed by atoms with E-state index in [1.165, 1.54) is 17.3 Å². The Hall–Kier alpha value is -1.80. The first kappa shape index (κ1) is 15.1. The van der Waals surface area contributed by atoms with Gasteiger partial charge < -0.3 is 13.8 Å². The Morgan fingerprint density at radius 1 is 1.23 bits per heavy atom. The van der Waals surface area contributed by atoms with Gasteiger partial charge in [-0.25, -0.2) is 4.21 Å². The predicted molar refractivity (Wildman–Crippen MR) is 85.8 cm³/mol. The zero-order valence-corrected chi connectivity index (χ0v) is 13.3. The largest absolute Gasteiger partial charge is 0.587 e. The van der Waals surface area contributed by atoms with Crippen LogP contribution in [0.15, 0.2) is 64.5 Å². The van der Waals surface area contributed by atoms with Crippen LogP contribution in [-0.2, 0) is 22.4 Å². The SMILES string of the molecule is COc1ccc2c(S(=O)O)cn([S+]([O-])c3ccccc3)c2c1. The molecular formula is C15H13NO4S2. The van der Waals surface area contributed by atoms with Crippen LogP contribution in [0.25, 0.3) is 10.9 Å². The molecule has 1 aromatic heterocycles. The molecule has 1 heterocycles. The van der Waals surface area contributed by atoms with Gasteiger partial charge in [-0.1, -0.05) is 18.2 Å². The summed E-state index contributed by atoms with van der Waals surface area (Å²) in [5.41, 5.74) is 0.582.